The zero-order valence-corrected chi connectivity index (χ0v) is 14.6. The second-order valence-electron chi connectivity index (χ2n) is 6.58. The highest BCUT2D eigenvalue weighted by Crippen LogP contribution is 2.32. The van der Waals surface area contributed by atoms with Gasteiger partial charge in [-0.2, -0.15) is 5.26 Å². The Kier molecular flexibility index (Phi) is 4.31. The van der Waals surface area contributed by atoms with E-state index < -0.39 is 5.92 Å². The topological polar surface area (TPSA) is 73.2 Å². The van der Waals surface area contributed by atoms with Crippen LogP contribution in [-0.4, -0.2) is 18.4 Å². The summed E-state index contributed by atoms with van der Waals surface area (Å²) in [7, 11) is 0. The Hall–Kier alpha value is -3.65. The zero-order chi connectivity index (χ0) is 18.8. The molecule has 1 heterocycles. The van der Waals surface area contributed by atoms with E-state index in [1.807, 2.05) is 48.5 Å². The fourth-order valence-corrected chi connectivity index (χ4v) is 3.43. The van der Waals surface area contributed by atoms with Crippen LogP contribution in [0.25, 0.3) is 10.8 Å². The van der Waals surface area contributed by atoms with Crippen LogP contribution in [0.1, 0.15) is 12.0 Å². The summed E-state index contributed by atoms with van der Waals surface area (Å²) < 4.78 is 0. The number of nitrogens with one attached hydrogen (secondary N) is 1. The van der Waals surface area contributed by atoms with Crippen molar-refractivity contribution >= 4 is 34.0 Å². The summed E-state index contributed by atoms with van der Waals surface area (Å²) in [5.74, 6) is -0.644. The molecule has 4 rings (SSSR count). The van der Waals surface area contributed by atoms with Gasteiger partial charge in [0.2, 0.25) is 11.8 Å². The van der Waals surface area contributed by atoms with Crippen molar-refractivity contribution in [1.29, 1.82) is 5.26 Å². The Morgan fingerprint density at radius 1 is 1.04 bits per heavy atom. The molecule has 132 valence electrons. The van der Waals surface area contributed by atoms with Gasteiger partial charge in [-0.1, -0.05) is 36.4 Å². The fourth-order valence-electron chi connectivity index (χ4n) is 3.43. The van der Waals surface area contributed by atoms with Gasteiger partial charge in [0.25, 0.3) is 0 Å². The molecule has 0 unspecified atom stereocenters. The number of carbonyl (C=O) groups is 2. The molecule has 5 heteroatoms. The number of fused-ring (bicyclic) bond motifs is 1. The maximum absolute atomic E-state index is 12.6. The molecule has 1 saturated heterocycles. The number of hydrogen-bond donors (Lipinski definition) is 1. The Labute approximate surface area is 156 Å². The number of nitriles is 1. The van der Waals surface area contributed by atoms with Crippen LogP contribution in [0.2, 0.25) is 0 Å². The smallest absolute Gasteiger partial charge is 0.229 e. The van der Waals surface area contributed by atoms with Gasteiger partial charge in [-0.15, -0.1) is 0 Å². The van der Waals surface area contributed by atoms with Crippen LogP contribution in [0.5, 0.6) is 0 Å². The second-order valence-corrected chi connectivity index (χ2v) is 6.58. The van der Waals surface area contributed by atoms with Crippen molar-refractivity contribution in [2.24, 2.45) is 5.92 Å². The molecule has 1 atom stereocenters. The van der Waals surface area contributed by atoms with E-state index in [2.05, 4.69) is 5.32 Å². The van der Waals surface area contributed by atoms with Crippen molar-refractivity contribution in [1.82, 2.24) is 0 Å². The number of anilines is 2. The average Bonchev–Trinajstić information content (AvgIpc) is 3.10. The van der Waals surface area contributed by atoms with Crippen molar-refractivity contribution in [3.63, 3.8) is 0 Å². The number of nitrogens with zero attached hydrogens (tertiary/aromatic N) is 2. The normalized spacial score (nSPS) is 16.3. The molecular weight excluding hydrogens is 338 g/mol. The first kappa shape index (κ1) is 16.8. The van der Waals surface area contributed by atoms with Crippen LogP contribution < -0.4 is 10.2 Å². The van der Waals surface area contributed by atoms with Gasteiger partial charge in [-0.3, -0.25) is 9.59 Å². The number of benzene rings is 3. The molecule has 0 aliphatic carbocycles. The number of hydrogen-bond acceptors (Lipinski definition) is 3. The van der Waals surface area contributed by atoms with Crippen molar-refractivity contribution in [2.75, 3.05) is 16.8 Å². The lowest BCUT2D eigenvalue weighted by Gasteiger charge is -2.19. The van der Waals surface area contributed by atoms with Crippen LogP contribution in [0.15, 0.2) is 66.7 Å². The molecule has 0 spiro atoms. The van der Waals surface area contributed by atoms with Crippen LogP contribution in [0, 0.1) is 17.2 Å². The first-order chi connectivity index (χ1) is 13.2. The highest BCUT2D eigenvalue weighted by atomic mass is 16.2. The average molecular weight is 355 g/mol. The standard InChI is InChI=1S/C22H17N3O2/c23-13-15-8-10-18(11-9-15)24-22(27)17-12-21(26)25(14-17)20-7-3-5-16-4-1-2-6-19(16)20/h1-11,17H,12,14H2,(H,24,27)/t17-/m0/s1. The van der Waals surface area contributed by atoms with E-state index in [0.717, 1.165) is 16.5 Å². The molecule has 0 saturated carbocycles. The summed E-state index contributed by atoms with van der Waals surface area (Å²) in [5, 5.41) is 13.7. The minimum atomic E-state index is -0.410. The lowest BCUT2D eigenvalue weighted by atomic mass is 10.1. The van der Waals surface area contributed by atoms with Crippen molar-refractivity contribution in [3.05, 3.63) is 72.3 Å². The Bertz CT molecular complexity index is 1060. The van der Waals surface area contributed by atoms with Crippen LogP contribution in [0.4, 0.5) is 11.4 Å². The van der Waals surface area contributed by atoms with Gasteiger partial charge in [0.05, 0.1) is 23.2 Å². The van der Waals surface area contributed by atoms with Crippen LogP contribution in [-0.2, 0) is 9.59 Å². The van der Waals surface area contributed by atoms with Crippen molar-refractivity contribution in [2.45, 2.75) is 6.42 Å². The molecule has 3 aromatic carbocycles. The minimum Gasteiger partial charge on any atom is -0.326 e. The molecular formula is C22H17N3O2. The molecule has 3 aromatic rings. The van der Waals surface area contributed by atoms with E-state index in [1.54, 1.807) is 29.2 Å². The van der Waals surface area contributed by atoms with E-state index in [9.17, 15) is 9.59 Å². The molecule has 5 nitrogen and oxygen atoms in total. The third-order valence-corrected chi connectivity index (χ3v) is 4.83. The third kappa shape index (κ3) is 3.25. The lowest BCUT2D eigenvalue weighted by molar-refractivity contribution is -0.122. The summed E-state index contributed by atoms with van der Waals surface area (Å²) in [6.45, 7) is 0.356. The summed E-state index contributed by atoms with van der Waals surface area (Å²) in [4.78, 5) is 26.9. The predicted octanol–water partition coefficient (Wildman–Crippen LogP) is 3.70. The first-order valence-electron chi connectivity index (χ1n) is 8.75. The van der Waals surface area contributed by atoms with Gasteiger partial charge >= 0.3 is 0 Å². The number of carbonyl (C=O) groups excluding carboxylic acids is 2. The van der Waals surface area contributed by atoms with E-state index >= 15 is 0 Å². The van der Waals surface area contributed by atoms with Gasteiger partial charge < -0.3 is 10.2 Å². The van der Waals surface area contributed by atoms with Crippen molar-refractivity contribution < 1.29 is 9.59 Å². The van der Waals surface area contributed by atoms with Gasteiger partial charge in [0, 0.05) is 24.0 Å². The van der Waals surface area contributed by atoms with Crippen LogP contribution >= 0.6 is 0 Å². The third-order valence-electron chi connectivity index (χ3n) is 4.83. The Morgan fingerprint density at radius 2 is 1.78 bits per heavy atom. The minimum absolute atomic E-state index is 0.0497. The summed E-state index contributed by atoms with van der Waals surface area (Å²) in [5.41, 5.74) is 1.99. The number of amides is 2. The lowest BCUT2D eigenvalue weighted by Crippen LogP contribution is -2.28. The molecule has 1 N–H and O–H groups in total. The maximum Gasteiger partial charge on any atom is 0.229 e. The SMILES string of the molecule is N#Cc1ccc(NC(=O)[C@H]2CC(=O)N(c3cccc4ccccc34)C2)cc1. The van der Waals surface area contributed by atoms with Crippen LogP contribution in [0.3, 0.4) is 0 Å². The summed E-state index contributed by atoms with van der Waals surface area (Å²) in [6.07, 6.45) is 0.186. The Balaban J connectivity index is 1.53. The monoisotopic (exact) mass is 355 g/mol. The molecule has 1 aliphatic heterocycles. The molecule has 1 fully saturated rings. The second kappa shape index (κ2) is 6.93. The maximum atomic E-state index is 12.6. The van der Waals surface area contributed by atoms with Gasteiger partial charge in [0.1, 0.15) is 0 Å². The van der Waals surface area contributed by atoms with E-state index in [1.165, 1.54) is 0 Å². The van der Waals surface area contributed by atoms with Gasteiger partial charge in [-0.25, -0.2) is 0 Å². The highest BCUT2D eigenvalue weighted by Gasteiger charge is 2.35. The van der Waals surface area contributed by atoms with E-state index in [0.29, 0.717) is 17.8 Å². The first-order valence-corrected chi connectivity index (χ1v) is 8.75. The largest absolute Gasteiger partial charge is 0.326 e. The highest BCUT2D eigenvalue weighted by molar-refractivity contribution is 6.08. The fraction of sp³-hybridized carbons (Fsp3) is 0.136. The molecule has 0 radical (unpaired) electrons. The summed E-state index contributed by atoms with van der Waals surface area (Å²) in [6, 6.07) is 22.5. The molecule has 27 heavy (non-hydrogen) atoms. The molecule has 0 aromatic heterocycles. The van der Waals surface area contributed by atoms with E-state index in [-0.39, 0.29) is 18.2 Å². The quantitative estimate of drug-likeness (QED) is 0.778. The predicted molar refractivity (Wildman–Crippen MR) is 104 cm³/mol. The van der Waals surface area contributed by atoms with Gasteiger partial charge in [0.15, 0.2) is 0 Å². The summed E-state index contributed by atoms with van der Waals surface area (Å²) >= 11 is 0. The zero-order valence-electron chi connectivity index (χ0n) is 14.6. The van der Waals surface area contributed by atoms with Gasteiger partial charge in [-0.05, 0) is 35.7 Å². The number of rotatable bonds is 3. The molecule has 1 aliphatic rings. The van der Waals surface area contributed by atoms with E-state index in [4.69, 9.17) is 5.26 Å². The van der Waals surface area contributed by atoms with Crippen molar-refractivity contribution in [3.8, 4) is 6.07 Å². The molecule has 0 bridgehead atoms. The molecule has 2 amide bonds. The Morgan fingerprint density at radius 3 is 2.56 bits per heavy atom.